The molecule has 152 valence electrons. The number of carbonyl (C=O) groups excluding carboxylic acids is 2. The predicted octanol–water partition coefficient (Wildman–Crippen LogP) is 0.253. The number of hydrogen-bond donors (Lipinski definition) is 3. The summed E-state index contributed by atoms with van der Waals surface area (Å²) in [7, 11) is 0. The number of carboxylic acids is 1. The number of aromatic nitrogens is 1. The number of β-lactam (4-membered cyclic amide) rings is 1. The summed E-state index contributed by atoms with van der Waals surface area (Å²) in [6.45, 7) is -0.156. The van der Waals surface area contributed by atoms with Crippen LogP contribution in [0.5, 0.6) is 0 Å². The van der Waals surface area contributed by atoms with Crippen LogP contribution in [0.15, 0.2) is 21.8 Å². The standard InChI is InChI=1S/C16H14IN5O5S2/c1-2-3-27-21-9(8-6-29-16(18)19-8)12(23)20-10-13(24)22-11(15(25)26)7(4-17)5-28-14(10)22/h1,6,10,14H,3-5H2,(H2,18,19)(H,20,23)(H,25,26)/t10-,14+/m1/s1. The number of alkyl halides is 1. The Balaban J connectivity index is 1.79. The number of thiazole rings is 1. The van der Waals surface area contributed by atoms with Crippen molar-refractivity contribution in [3.63, 3.8) is 0 Å². The van der Waals surface area contributed by atoms with Crippen LogP contribution >= 0.6 is 45.7 Å². The van der Waals surface area contributed by atoms with Crippen molar-refractivity contribution < 1.29 is 24.3 Å². The van der Waals surface area contributed by atoms with Crippen LogP contribution in [-0.4, -0.2) is 66.7 Å². The molecule has 2 amide bonds. The zero-order valence-electron chi connectivity index (χ0n) is 14.6. The van der Waals surface area contributed by atoms with E-state index < -0.39 is 29.2 Å². The van der Waals surface area contributed by atoms with Gasteiger partial charge in [-0.05, 0) is 5.57 Å². The number of terminal acetylenes is 1. The fourth-order valence-electron chi connectivity index (χ4n) is 2.73. The molecule has 0 spiro atoms. The number of amides is 2. The zero-order chi connectivity index (χ0) is 21.1. The summed E-state index contributed by atoms with van der Waals surface area (Å²) in [4.78, 5) is 47.1. The number of carbonyl (C=O) groups is 3. The van der Waals surface area contributed by atoms with Crippen LogP contribution in [0.3, 0.4) is 0 Å². The van der Waals surface area contributed by atoms with Crippen molar-refractivity contribution in [2.45, 2.75) is 11.4 Å². The number of rotatable bonds is 7. The highest BCUT2D eigenvalue weighted by molar-refractivity contribution is 14.1. The van der Waals surface area contributed by atoms with Gasteiger partial charge in [0.05, 0.1) is 0 Å². The van der Waals surface area contributed by atoms with Gasteiger partial charge in [-0.1, -0.05) is 33.7 Å². The molecule has 2 aliphatic heterocycles. The van der Waals surface area contributed by atoms with Gasteiger partial charge in [-0.25, -0.2) is 9.78 Å². The summed E-state index contributed by atoms with van der Waals surface area (Å²) in [5.41, 5.74) is 6.26. The molecule has 0 bridgehead atoms. The number of nitrogens with one attached hydrogen (secondary N) is 1. The van der Waals surface area contributed by atoms with E-state index in [0.717, 1.165) is 11.3 Å². The van der Waals surface area contributed by atoms with Gasteiger partial charge in [0.15, 0.2) is 17.5 Å². The summed E-state index contributed by atoms with van der Waals surface area (Å²) >= 11 is 4.56. The van der Waals surface area contributed by atoms with Gasteiger partial charge in [0.1, 0.15) is 22.8 Å². The fraction of sp³-hybridized carbons (Fsp3) is 0.312. The summed E-state index contributed by atoms with van der Waals surface area (Å²) in [5, 5.41) is 17.0. The molecule has 1 fully saturated rings. The minimum atomic E-state index is -1.16. The summed E-state index contributed by atoms with van der Waals surface area (Å²) in [6, 6.07) is -0.897. The van der Waals surface area contributed by atoms with E-state index in [0.29, 0.717) is 15.8 Å². The van der Waals surface area contributed by atoms with E-state index in [2.05, 4.69) is 44.0 Å². The van der Waals surface area contributed by atoms with E-state index >= 15 is 0 Å². The number of fused-ring (bicyclic) bond motifs is 1. The van der Waals surface area contributed by atoms with Gasteiger partial charge >= 0.3 is 5.97 Å². The van der Waals surface area contributed by atoms with Crippen molar-refractivity contribution in [3.05, 3.63) is 22.3 Å². The number of aliphatic carboxylic acids is 1. The van der Waals surface area contributed by atoms with E-state index in [1.165, 1.54) is 22.0 Å². The highest BCUT2D eigenvalue weighted by atomic mass is 127. The third-order valence-corrected chi connectivity index (χ3v) is 6.92. The van der Waals surface area contributed by atoms with Crippen molar-refractivity contribution in [2.75, 3.05) is 22.5 Å². The minimum Gasteiger partial charge on any atom is -0.477 e. The molecule has 2 atom stereocenters. The average molecular weight is 547 g/mol. The van der Waals surface area contributed by atoms with Gasteiger partial charge in [-0.15, -0.1) is 29.5 Å². The number of thioether (sulfide) groups is 1. The Morgan fingerprint density at radius 1 is 1.59 bits per heavy atom. The van der Waals surface area contributed by atoms with E-state index in [1.54, 1.807) is 0 Å². The Labute approximate surface area is 187 Å². The molecular formula is C16H14IN5O5S2. The Hall–Kier alpha value is -2.31. The Morgan fingerprint density at radius 2 is 2.34 bits per heavy atom. The normalized spacial score (nSPS) is 21.2. The molecule has 3 heterocycles. The van der Waals surface area contributed by atoms with Crippen molar-refractivity contribution in [3.8, 4) is 12.3 Å². The topological polar surface area (TPSA) is 147 Å². The second-order valence-corrected chi connectivity index (χ2v) is 8.50. The highest BCUT2D eigenvalue weighted by Crippen LogP contribution is 2.40. The smallest absolute Gasteiger partial charge is 0.352 e. The van der Waals surface area contributed by atoms with Crippen molar-refractivity contribution in [1.29, 1.82) is 0 Å². The second kappa shape index (κ2) is 9.01. The molecule has 1 aromatic rings. The minimum absolute atomic E-state index is 0.0165. The molecule has 0 unspecified atom stereocenters. The van der Waals surface area contributed by atoms with Crippen LogP contribution in [0.4, 0.5) is 5.13 Å². The lowest BCUT2D eigenvalue weighted by Gasteiger charge is -2.49. The number of nitrogens with zero attached hydrogens (tertiary/aromatic N) is 3. The molecule has 13 heteroatoms. The number of nitrogen functional groups attached to an aromatic ring is 1. The largest absolute Gasteiger partial charge is 0.477 e. The van der Waals surface area contributed by atoms with Crippen LogP contribution in [-0.2, 0) is 19.2 Å². The molecule has 1 aromatic heterocycles. The quantitative estimate of drug-likeness (QED) is 0.0838. The van der Waals surface area contributed by atoms with Gasteiger partial charge in [0, 0.05) is 15.6 Å². The SMILES string of the molecule is C#CCON=C(C(=O)N[C@@H]1C(=O)N2C(C(=O)O)=C(CI)CS[C@@H]12)c1csc(N)n1. The van der Waals surface area contributed by atoms with E-state index in [-0.39, 0.29) is 28.8 Å². The summed E-state index contributed by atoms with van der Waals surface area (Å²) in [5.74, 6) is 0.312. The first-order valence-electron chi connectivity index (χ1n) is 8.00. The average Bonchev–Trinajstić information content (AvgIpc) is 3.13. The first-order chi connectivity index (χ1) is 13.9. The molecule has 0 radical (unpaired) electrons. The highest BCUT2D eigenvalue weighted by Gasteiger charge is 2.54. The Bertz CT molecular complexity index is 969. The number of halogens is 1. The maximum absolute atomic E-state index is 12.7. The molecule has 0 aliphatic carbocycles. The molecule has 10 nitrogen and oxygen atoms in total. The van der Waals surface area contributed by atoms with Crippen LogP contribution in [0, 0.1) is 12.3 Å². The molecule has 3 rings (SSSR count). The second-order valence-electron chi connectivity index (χ2n) is 5.74. The maximum atomic E-state index is 12.7. The maximum Gasteiger partial charge on any atom is 0.352 e. The van der Waals surface area contributed by atoms with Gasteiger partial charge in [-0.3, -0.25) is 14.5 Å². The lowest BCUT2D eigenvalue weighted by molar-refractivity contribution is -0.150. The summed E-state index contributed by atoms with van der Waals surface area (Å²) in [6.07, 6.45) is 5.11. The first-order valence-corrected chi connectivity index (χ1v) is 11.5. The van der Waals surface area contributed by atoms with Crippen LogP contribution in [0.25, 0.3) is 0 Å². The summed E-state index contributed by atoms with van der Waals surface area (Å²) < 4.78 is 0.495. The van der Waals surface area contributed by atoms with Crippen molar-refractivity contribution >= 4 is 74.3 Å². The van der Waals surface area contributed by atoms with Gasteiger partial charge < -0.3 is 21.0 Å². The fourth-order valence-corrected chi connectivity index (χ4v) is 5.62. The van der Waals surface area contributed by atoms with Crippen LogP contribution in [0.2, 0.25) is 0 Å². The Kier molecular flexibility index (Phi) is 6.65. The number of carboxylic acid groups (broad SMARTS) is 1. The lowest BCUT2D eigenvalue weighted by atomic mass is 10.0. The number of hydrogen-bond acceptors (Lipinski definition) is 9. The van der Waals surface area contributed by atoms with Crippen LogP contribution < -0.4 is 11.1 Å². The van der Waals surface area contributed by atoms with Crippen molar-refractivity contribution in [1.82, 2.24) is 15.2 Å². The van der Waals surface area contributed by atoms with Gasteiger partial charge in [0.2, 0.25) is 0 Å². The predicted molar refractivity (Wildman–Crippen MR) is 116 cm³/mol. The number of anilines is 1. The zero-order valence-corrected chi connectivity index (χ0v) is 18.4. The van der Waals surface area contributed by atoms with Crippen molar-refractivity contribution in [2.24, 2.45) is 5.16 Å². The number of oxime groups is 1. The van der Waals surface area contributed by atoms with Gasteiger partial charge in [0.25, 0.3) is 11.8 Å². The lowest BCUT2D eigenvalue weighted by Crippen LogP contribution is -2.71. The molecular weight excluding hydrogens is 533 g/mol. The molecule has 4 N–H and O–H groups in total. The monoisotopic (exact) mass is 547 g/mol. The Morgan fingerprint density at radius 3 is 2.93 bits per heavy atom. The molecule has 0 saturated carbocycles. The molecule has 2 aliphatic rings. The van der Waals surface area contributed by atoms with Gasteiger partial charge in [-0.2, -0.15) is 0 Å². The van der Waals surface area contributed by atoms with E-state index in [9.17, 15) is 19.5 Å². The first kappa shape index (κ1) is 21.4. The molecule has 0 aromatic carbocycles. The molecule has 29 heavy (non-hydrogen) atoms. The molecule has 1 saturated heterocycles. The van der Waals surface area contributed by atoms with E-state index in [1.807, 2.05) is 0 Å². The third-order valence-electron chi connectivity index (χ3n) is 3.98. The third kappa shape index (κ3) is 4.19. The number of nitrogens with two attached hydrogens (primary N) is 1. The van der Waals surface area contributed by atoms with Crippen LogP contribution in [0.1, 0.15) is 5.69 Å². The van der Waals surface area contributed by atoms with E-state index in [4.69, 9.17) is 17.0 Å².